The normalized spacial score (nSPS) is 19.9. The summed E-state index contributed by atoms with van der Waals surface area (Å²) < 4.78 is 0. The van der Waals surface area contributed by atoms with Gasteiger partial charge in [-0.25, -0.2) is 0 Å². The van der Waals surface area contributed by atoms with E-state index >= 15 is 0 Å². The van der Waals surface area contributed by atoms with Gasteiger partial charge >= 0.3 is 0 Å². The molecule has 1 aliphatic rings. The molecule has 3 N–H and O–H groups in total. The van der Waals surface area contributed by atoms with E-state index in [9.17, 15) is 5.11 Å². The summed E-state index contributed by atoms with van der Waals surface area (Å²) in [6.07, 6.45) is 2.43. The van der Waals surface area contributed by atoms with E-state index in [2.05, 4.69) is 23.6 Å². The lowest BCUT2D eigenvalue weighted by Gasteiger charge is -2.37. The van der Waals surface area contributed by atoms with Crippen LogP contribution in [0, 0.1) is 5.41 Å². The number of hydrogen-bond acceptors (Lipinski definition) is 4. The van der Waals surface area contributed by atoms with Crippen LogP contribution in [0.1, 0.15) is 40.5 Å². The second-order valence-corrected chi connectivity index (χ2v) is 7.40. The van der Waals surface area contributed by atoms with E-state index in [0.29, 0.717) is 0 Å². The number of aliphatic hydroxyl groups is 1. The van der Waals surface area contributed by atoms with Crippen molar-refractivity contribution >= 4 is 0 Å². The fourth-order valence-corrected chi connectivity index (χ4v) is 2.60. The molecule has 0 unspecified atom stereocenters. The maximum Gasteiger partial charge on any atom is 0.0718 e. The Kier molecular flexibility index (Phi) is 6.24. The van der Waals surface area contributed by atoms with Crippen molar-refractivity contribution in [2.75, 3.05) is 45.8 Å². The maximum atomic E-state index is 9.83. The van der Waals surface area contributed by atoms with E-state index in [1.54, 1.807) is 0 Å². The van der Waals surface area contributed by atoms with Crippen molar-refractivity contribution in [2.24, 2.45) is 11.1 Å². The second kappa shape index (κ2) is 7.02. The predicted octanol–water partition coefficient (Wildman–Crippen LogP) is 1.14. The molecule has 19 heavy (non-hydrogen) atoms. The first-order chi connectivity index (χ1) is 8.72. The number of β-amino-alcohol motifs (C(OH)–C–C–N with tert-alkyl or cyclic N) is 1. The van der Waals surface area contributed by atoms with Gasteiger partial charge in [-0.3, -0.25) is 4.90 Å². The minimum Gasteiger partial charge on any atom is -0.389 e. The molecule has 0 saturated carbocycles. The van der Waals surface area contributed by atoms with Gasteiger partial charge in [0.25, 0.3) is 0 Å². The van der Waals surface area contributed by atoms with E-state index in [-0.39, 0.29) is 5.41 Å². The Bertz CT molecular complexity index is 253. The zero-order valence-corrected chi connectivity index (χ0v) is 13.3. The van der Waals surface area contributed by atoms with Gasteiger partial charge in [0.15, 0.2) is 0 Å². The van der Waals surface area contributed by atoms with Gasteiger partial charge in [-0.05, 0) is 45.2 Å². The molecule has 0 amide bonds. The van der Waals surface area contributed by atoms with Gasteiger partial charge in [0.1, 0.15) is 0 Å². The minimum atomic E-state index is -0.576. The zero-order chi connectivity index (χ0) is 14.5. The number of nitrogens with zero attached hydrogens (tertiary/aromatic N) is 2. The Morgan fingerprint density at radius 3 is 2.00 bits per heavy atom. The SMILES string of the molecule is CC(C)(O)CN1CCN(CCCC(C)(C)CN)CC1. The van der Waals surface area contributed by atoms with E-state index in [1.807, 2.05) is 13.8 Å². The molecule has 1 rings (SSSR count). The number of piperazine rings is 1. The van der Waals surface area contributed by atoms with Gasteiger partial charge in [-0.1, -0.05) is 13.8 Å². The van der Waals surface area contributed by atoms with E-state index in [0.717, 1.165) is 39.3 Å². The Morgan fingerprint density at radius 1 is 1.00 bits per heavy atom. The molecule has 0 aromatic rings. The van der Waals surface area contributed by atoms with E-state index in [1.165, 1.54) is 19.4 Å². The summed E-state index contributed by atoms with van der Waals surface area (Å²) in [5.41, 5.74) is 5.46. The highest BCUT2D eigenvalue weighted by atomic mass is 16.3. The van der Waals surface area contributed by atoms with Gasteiger partial charge in [-0.15, -0.1) is 0 Å². The van der Waals surface area contributed by atoms with Gasteiger partial charge in [0.2, 0.25) is 0 Å². The monoisotopic (exact) mass is 271 g/mol. The molecular formula is C15H33N3O. The van der Waals surface area contributed by atoms with Crippen LogP contribution >= 0.6 is 0 Å². The molecule has 4 nitrogen and oxygen atoms in total. The van der Waals surface area contributed by atoms with Crippen molar-refractivity contribution in [3.63, 3.8) is 0 Å². The highest BCUT2D eigenvalue weighted by molar-refractivity contribution is 4.78. The van der Waals surface area contributed by atoms with Crippen molar-refractivity contribution in [3.8, 4) is 0 Å². The van der Waals surface area contributed by atoms with Crippen LogP contribution in [-0.4, -0.2) is 66.3 Å². The van der Waals surface area contributed by atoms with Gasteiger partial charge < -0.3 is 15.7 Å². The molecule has 0 aliphatic carbocycles. The number of rotatable bonds is 7. The smallest absolute Gasteiger partial charge is 0.0718 e. The quantitative estimate of drug-likeness (QED) is 0.729. The topological polar surface area (TPSA) is 52.7 Å². The molecule has 0 spiro atoms. The van der Waals surface area contributed by atoms with Crippen LogP contribution in [0.5, 0.6) is 0 Å². The molecule has 1 fully saturated rings. The first kappa shape index (κ1) is 16.9. The molecule has 1 heterocycles. The van der Waals surface area contributed by atoms with Gasteiger partial charge in [0, 0.05) is 32.7 Å². The molecule has 0 aromatic carbocycles. The van der Waals surface area contributed by atoms with Crippen LogP contribution in [0.25, 0.3) is 0 Å². The first-order valence-corrected chi connectivity index (χ1v) is 7.59. The largest absolute Gasteiger partial charge is 0.389 e. The third-order valence-electron chi connectivity index (χ3n) is 3.96. The van der Waals surface area contributed by atoms with Crippen molar-refractivity contribution in [3.05, 3.63) is 0 Å². The lowest BCUT2D eigenvalue weighted by Crippen LogP contribution is -2.50. The Morgan fingerprint density at radius 2 is 1.53 bits per heavy atom. The summed E-state index contributed by atoms with van der Waals surface area (Å²) in [6.45, 7) is 15.4. The Balaban J connectivity index is 2.17. The Hall–Kier alpha value is -0.160. The fraction of sp³-hybridized carbons (Fsp3) is 1.00. The first-order valence-electron chi connectivity index (χ1n) is 7.59. The third-order valence-corrected chi connectivity index (χ3v) is 3.96. The third kappa shape index (κ3) is 7.25. The predicted molar refractivity (Wildman–Crippen MR) is 81.2 cm³/mol. The molecule has 1 saturated heterocycles. The number of hydrogen-bond donors (Lipinski definition) is 2. The van der Waals surface area contributed by atoms with Gasteiger partial charge in [-0.2, -0.15) is 0 Å². The molecule has 0 bridgehead atoms. The maximum absolute atomic E-state index is 9.83. The van der Waals surface area contributed by atoms with Crippen molar-refractivity contribution < 1.29 is 5.11 Å². The lowest BCUT2D eigenvalue weighted by molar-refractivity contribution is 0.0173. The van der Waals surface area contributed by atoms with Crippen LogP contribution in [0.3, 0.4) is 0 Å². The van der Waals surface area contributed by atoms with E-state index in [4.69, 9.17) is 5.73 Å². The fourth-order valence-electron chi connectivity index (χ4n) is 2.60. The van der Waals surface area contributed by atoms with E-state index < -0.39 is 5.60 Å². The highest BCUT2D eigenvalue weighted by Gasteiger charge is 2.23. The molecule has 4 heteroatoms. The standard InChI is InChI=1S/C15H33N3O/c1-14(2,12-16)6-5-7-17-8-10-18(11-9-17)13-15(3,4)19/h19H,5-13,16H2,1-4H3. The van der Waals surface area contributed by atoms with Crippen LogP contribution in [0.4, 0.5) is 0 Å². The van der Waals surface area contributed by atoms with Crippen molar-refractivity contribution in [1.82, 2.24) is 9.80 Å². The summed E-state index contributed by atoms with van der Waals surface area (Å²) in [4.78, 5) is 4.90. The van der Waals surface area contributed by atoms with Gasteiger partial charge in [0.05, 0.1) is 5.60 Å². The molecule has 114 valence electrons. The zero-order valence-electron chi connectivity index (χ0n) is 13.3. The van der Waals surface area contributed by atoms with Crippen molar-refractivity contribution in [1.29, 1.82) is 0 Å². The molecule has 1 aliphatic heterocycles. The summed E-state index contributed by atoms with van der Waals surface area (Å²) in [6, 6.07) is 0. The van der Waals surface area contributed by atoms with Crippen molar-refractivity contribution in [2.45, 2.75) is 46.1 Å². The molecule has 0 radical (unpaired) electrons. The Labute approximate surface area is 118 Å². The second-order valence-electron chi connectivity index (χ2n) is 7.40. The number of nitrogens with two attached hydrogens (primary N) is 1. The average Bonchev–Trinajstić information content (AvgIpc) is 2.29. The molecular weight excluding hydrogens is 238 g/mol. The summed E-state index contributed by atoms with van der Waals surface area (Å²) in [7, 11) is 0. The molecule has 0 atom stereocenters. The van der Waals surface area contributed by atoms with Crippen LogP contribution < -0.4 is 5.73 Å². The average molecular weight is 271 g/mol. The lowest BCUT2D eigenvalue weighted by atomic mass is 9.88. The van der Waals surface area contributed by atoms with Crippen LogP contribution in [0.15, 0.2) is 0 Å². The summed E-state index contributed by atoms with van der Waals surface area (Å²) >= 11 is 0. The summed E-state index contributed by atoms with van der Waals surface area (Å²) in [5.74, 6) is 0. The van der Waals surface area contributed by atoms with Crippen LogP contribution in [0.2, 0.25) is 0 Å². The minimum absolute atomic E-state index is 0.280. The highest BCUT2D eigenvalue weighted by Crippen LogP contribution is 2.20. The molecule has 0 aromatic heterocycles. The summed E-state index contributed by atoms with van der Waals surface area (Å²) in [5, 5.41) is 9.83. The van der Waals surface area contributed by atoms with Crippen LogP contribution in [-0.2, 0) is 0 Å².